The van der Waals surface area contributed by atoms with E-state index in [0.29, 0.717) is 4.90 Å². The van der Waals surface area contributed by atoms with Crippen LogP contribution in [0.25, 0.3) is 0 Å². The summed E-state index contributed by atoms with van der Waals surface area (Å²) in [5.74, 6) is 0.239. The van der Waals surface area contributed by atoms with Crippen LogP contribution < -0.4 is 10.5 Å². The third-order valence-electron chi connectivity index (χ3n) is 3.24. The summed E-state index contributed by atoms with van der Waals surface area (Å²) in [5, 5.41) is 0. The second kappa shape index (κ2) is 6.03. The lowest BCUT2D eigenvalue weighted by Gasteiger charge is -2.18. The van der Waals surface area contributed by atoms with E-state index in [-0.39, 0.29) is 18.5 Å². The average Bonchev–Trinajstić information content (AvgIpc) is 2.23. The maximum Gasteiger partial charge on any atom is 0.241 e. The van der Waals surface area contributed by atoms with Crippen LogP contribution in [0.1, 0.15) is 30.5 Å². The molecule has 1 aromatic rings. The summed E-state index contributed by atoms with van der Waals surface area (Å²) in [6.45, 7) is 9.79. The minimum atomic E-state index is -3.50. The maximum atomic E-state index is 12.3. The highest BCUT2D eigenvalue weighted by Gasteiger charge is 2.21. The molecule has 0 fully saturated rings. The molecule has 1 aromatic carbocycles. The summed E-state index contributed by atoms with van der Waals surface area (Å²) in [6.07, 6.45) is 0. The van der Waals surface area contributed by atoms with Crippen LogP contribution in [0.4, 0.5) is 0 Å². The highest BCUT2D eigenvalue weighted by molar-refractivity contribution is 7.89. The van der Waals surface area contributed by atoms with Crippen molar-refractivity contribution in [3.05, 3.63) is 28.8 Å². The summed E-state index contributed by atoms with van der Waals surface area (Å²) in [4.78, 5) is 0.369. The fourth-order valence-electron chi connectivity index (χ4n) is 2.10. The third-order valence-corrected chi connectivity index (χ3v) is 4.97. The van der Waals surface area contributed by atoms with E-state index in [2.05, 4.69) is 4.72 Å². The van der Waals surface area contributed by atoms with Crippen LogP contribution in [-0.4, -0.2) is 21.0 Å². The molecule has 4 nitrogen and oxygen atoms in total. The van der Waals surface area contributed by atoms with E-state index >= 15 is 0 Å². The van der Waals surface area contributed by atoms with Gasteiger partial charge >= 0.3 is 0 Å². The van der Waals surface area contributed by atoms with Crippen molar-refractivity contribution in [1.82, 2.24) is 4.72 Å². The number of benzene rings is 1. The highest BCUT2D eigenvalue weighted by atomic mass is 32.2. The van der Waals surface area contributed by atoms with Gasteiger partial charge < -0.3 is 5.73 Å². The first-order chi connectivity index (χ1) is 8.65. The second-order valence-electron chi connectivity index (χ2n) is 5.49. The van der Waals surface area contributed by atoms with Gasteiger partial charge in [-0.25, -0.2) is 13.1 Å². The van der Waals surface area contributed by atoms with Crippen molar-refractivity contribution in [2.75, 3.05) is 6.54 Å². The van der Waals surface area contributed by atoms with E-state index < -0.39 is 10.0 Å². The van der Waals surface area contributed by atoms with Crippen LogP contribution in [-0.2, 0) is 10.0 Å². The Morgan fingerprint density at radius 3 is 2.05 bits per heavy atom. The Bertz CT molecular complexity index is 528. The van der Waals surface area contributed by atoms with Gasteiger partial charge in [0.15, 0.2) is 0 Å². The Morgan fingerprint density at radius 2 is 1.63 bits per heavy atom. The number of nitrogens with one attached hydrogen (secondary N) is 1. The Kier molecular flexibility index (Phi) is 5.12. The topological polar surface area (TPSA) is 72.2 Å². The number of rotatable bonds is 5. The molecule has 19 heavy (non-hydrogen) atoms. The fraction of sp³-hybridized carbons (Fsp3) is 0.571. The maximum absolute atomic E-state index is 12.3. The minimum absolute atomic E-state index is 0.180. The number of nitrogens with two attached hydrogens (primary N) is 1. The Morgan fingerprint density at radius 1 is 1.16 bits per heavy atom. The fourth-order valence-corrected chi connectivity index (χ4v) is 3.63. The molecule has 0 radical (unpaired) electrons. The Hall–Kier alpha value is -0.910. The molecular weight excluding hydrogens is 260 g/mol. The zero-order chi connectivity index (χ0) is 14.8. The minimum Gasteiger partial charge on any atom is -0.326 e. The van der Waals surface area contributed by atoms with Crippen LogP contribution in [0.2, 0.25) is 0 Å². The molecule has 0 heterocycles. The first-order valence-electron chi connectivity index (χ1n) is 6.48. The van der Waals surface area contributed by atoms with Crippen molar-refractivity contribution >= 4 is 10.0 Å². The van der Waals surface area contributed by atoms with Gasteiger partial charge in [0.05, 0.1) is 4.90 Å². The summed E-state index contributed by atoms with van der Waals surface area (Å²) < 4.78 is 27.3. The van der Waals surface area contributed by atoms with Crippen molar-refractivity contribution in [2.24, 2.45) is 11.7 Å². The van der Waals surface area contributed by atoms with Crippen molar-refractivity contribution in [2.45, 2.75) is 45.6 Å². The molecule has 1 atom stereocenters. The van der Waals surface area contributed by atoms with Gasteiger partial charge in [0.2, 0.25) is 10.0 Å². The van der Waals surface area contributed by atoms with E-state index in [1.54, 1.807) is 0 Å². The number of aryl methyl sites for hydroxylation is 3. The van der Waals surface area contributed by atoms with Crippen molar-refractivity contribution in [3.63, 3.8) is 0 Å². The molecule has 3 N–H and O–H groups in total. The first-order valence-corrected chi connectivity index (χ1v) is 7.96. The molecule has 0 amide bonds. The van der Waals surface area contributed by atoms with E-state index in [4.69, 9.17) is 5.73 Å². The van der Waals surface area contributed by atoms with E-state index in [1.165, 1.54) is 0 Å². The van der Waals surface area contributed by atoms with Crippen molar-refractivity contribution in [1.29, 1.82) is 0 Å². The molecular formula is C14H24N2O2S. The van der Waals surface area contributed by atoms with Gasteiger partial charge in [0.25, 0.3) is 0 Å². The van der Waals surface area contributed by atoms with Gasteiger partial charge in [-0.15, -0.1) is 0 Å². The lowest BCUT2D eigenvalue weighted by molar-refractivity contribution is 0.481. The molecule has 0 spiro atoms. The van der Waals surface area contributed by atoms with Crippen LogP contribution in [0.15, 0.2) is 17.0 Å². The largest absolute Gasteiger partial charge is 0.326 e. The third kappa shape index (κ3) is 4.03. The number of hydrogen-bond donors (Lipinski definition) is 2. The summed E-state index contributed by atoms with van der Waals surface area (Å²) in [7, 11) is -3.50. The van der Waals surface area contributed by atoms with Crippen molar-refractivity contribution < 1.29 is 8.42 Å². The summed E-state index contributed by atoms with van der Waals surface area (Å²) in [6, 6.07) is 3.58. The molecule has 0 bridgehead atoms. The van der Waals surface area contributed by atoms with Crippen LogP contribution in [0.5, 0.6) is 0 Å². The summed E-state index contributed by atoms with van der Waals surface area (Å²) >= 11 is 0. The van der Waals surface area contributed by atoms with Crippen LogP contribution >= 0.6 is 0 Å². The average molecular weight is 284 g/mol. The molecule has 0 aliphatic rings. The standard InChI is InChI=1S/C14H24N2O2S/c1-9(2)13(15)8-16-19(17,18)14-11(4)6-10(3)7-12(14)5/h6-7,9,13,16H,8,15H2,1-5H3. The molecule has 0 aromatic heterocycles. The van der Waals surface area contributed by atoms with Gasteiger partial charge in [-0.05, 0) is 37.8 Å². The van der Waals surface area contributed by atoms with Crippen LogP contribution in [0, 0.1) is 26.7 Å². The highest BCUT2D eigenvalue weighted by Crippen LogP contribution is 2.21. The first kappa shape index (κ1) is 16.1. The van der Waals surface area contributed by atoms with E-state index in [1.807, 2.05) is 46.8 Å². The Labute approximate surface area is 116 Å². The second-order valence-corrected chi connectivity index (χ2v) is 7.19. The SMILES string of the molecule is Cc1cc(C)c(S(=O)(=O)NCC(N)C(C)C)c(C)c1. The zero-order valence-electron chi connectivity index (χ0n) is 12.3. The van der Waals surface area contributed by atoms with Gasteiger partial charge in [0.1, 0.15) is 0 Å². The molecule has 5 heteroatoms. The quantitative estimate of drug-likeness (QED) is 0.867. The smallest absolute Gasteiger partial charge is 0.241 e. The zero-order valence-corrected chi connectivity index (χ0v) is 13.1. The molecule has 0 aliphatic heterocycles. The number of hydrogen-bond acceptors (Lipinski definition) is 3. The normalized spacial score (nSPS) is 13.8. The van der Waals surface area contributed by atoms with E-state index in [9.17, 15) is 8.42 Å². The lowest BCUT2D eigenvalue weighted by atomic mass is 10.1. The van der Waals surface area contributed by atoms with Gasteiger partial charge in [0, 0.05) is 12.6 Å². The monoisotopic (exact) mass is 284 g/mol. The Balaban J connectivity index is 3.02. The molecule has 1 rings (SSSR count). The van der Waals surface area contributed by atoms with Gasteiger partial charge in [-0.1, -0.05) is 31.5 Å². The van der Waals surface area contributed by atoms with E-state index in [0.717, 1.165) is 16.7 Å². The van der Waals surface area contributed by atoms with Gasteiger partial charge in [-0.3, -0.25) is 0 Å². The lowest BCUT2D eigenvalue weighted by Crippen LogP contribution is -2.40. The van der Waals surface area contributed by atoms with Crippen LogP contribution in [0.3, 0.4) is 0 Å². The molecule has 0 saturated carbocycles. The van der Waals surface area contributed by atoms with Gasteiger partial charge in [-0.2, -0.15) is 0 Å². The van der Waals surface area contributed by atoms with Crippen molar-refractivity contribution in [3.8, 4) is 0 Å². The predicted octanol–water partition coefficient (Wildman–Crippen LogP) is 1.87. The molecule has 108 valence electrons. The molecule has 0 saturated heterocycles. The predicted molar refractivity (Wildman–Crippen MR) is 78.7 cm³/mol. The summed E-state index contributed by atoms with van der Waals surface area (Å²) in [5.41, 5.74) is 8.47. The molecule has 0 aliphatic carbocycles. The number of sulfonamides is 1. The molecule has 1 unspecified atom stereocenters.